The number of aromatic nitrogens is 2. The first-order valence-electron chi connectivity index (χ1n) is 5.94. The Morgan fingerprint density at radius 1 is 1.14 bits per heavy atom. The van der Waals surface area contributed by atoms with E-state index in [9.17, 15) is 17.6 Å². The summed E-state index contributed by atoms with van der Waals surface area (Å²) in [5.74, 6) is -1.31. The lowest BCUT2D eigenvalue weighted by molar-refractivity contribution is 0.337. The Hall–Kier alpha value is -1.83. The highest BCUT2D eigenvalue weighted by Crippen LogP contribution is 2.21. The predicted molar refractivity (Wildman–Crippen MR) is 69.2 cm³/mol. The molecule has 0 saturated carbocycles. The van der Waals surface area contributed by atoms with Gasteiger partial charge in [-0.05, 0) is 17.7 Å². The number of thioether (sulfide) groups is 1. The molecule has 1 heterocycles. The molecular weight excluding hydrogens is 308 g/mol. The van der Waals surface area contributed by atoms with Crippen molar-refractivity contribution in [1.82, 2.24) is 10.1 Å². The second-order valence-electron chi connectivity index (χ2n) is 4.04. The summed E-state index contributed by atoms with van der Waals surface area (Å²) in [6, 6.07) is 5.85. The molecule has 0 bridgehead atoms. The summed E-state index contributed by atoms with van der Waals surface area (Å²) in [6.45, 7) is 0. The second-order valence-corrected chi connectivity index (χ2v) is 5.09. The van der Waals surface area contributed by atoms with Crippen LogP contribution in [0.15, 0.2) is 45.9 Å². The number of benzene rings is 1. The van der Waals surface area contributed by atoms with E-state index in [4.69, 9.17) is 4.52 Å². The Morgan fingerprint density at radius 2 is 1.86 bits per heavy atom. The fraction of sp³-hybridized carbons (Fsp3) is 0.231. The maximum atomic E-state index is 12.8. The fourth-order valence-electron chi connectivity index (χ4n) is 1.48. The van der Waals surface area contributed by atoms with Gasteiger partial charge in [0.2, 0.25) is 0 Å². The minimum absolute atomic E-state index is 0.0708. The molecule has 2 rings (SSSR count). The van der Waals surface area contributed by atoms with Gasteiger partial charge in [0.25, 0.3) is 5.22 Å². The summed E-state index contributed by atoms with van der Waals surface area (Å²) in [4.78, 5) is 4.04. The van der Waals surface area contributed by atoms with Crippen LogP contribution in [0.2, 0.25) is 0 Å². The van der Waals surface area contributed by atoms with Gasteiger partial charge in [0, 0.05) is 18.6 Å². The van der Waals surface area contributed by atoms with E-state index in [1.165, 1.54) is 12.1 Å². The molecule has 21 heavy (non-hydrogen) atoms. The minimum Gasteiger partial charge on any atom is -0.327 e. The van der Waals surface area contributed by atoms with Crippen LogP contribution < -0.4 is 0 Å². The van der Waals surface area contributed by atoms with E-state index in [2.05, 4.69) is 10.1 Å². The first-order valence-corrected chi connectivity index (χ1v) is 6.92. The summed E-state index contributed by atoms with van der Waals surface area (Å²) >= 11 is 0.992. The van der Waals surface area contributed by atoms with Crippen molar-refractivity contribution in [3.63, 3.8) is 0 Å². The average Bonchev–Trinajstić information content (AvgIpc) is 2.89. The molecule has 8 heteroatoms. The van der Waals surface area contributed by atoms with Crippen molar-refractivity contribution >= 4 is 11.8 Å². The first-order chi connectivity index (χ1) is 10.0. The van der Waals surface area contributed by atoms with Crippen LogP contribution in [0, 0.1) is 5.82 Å². The smallest absolute Gasteiger partial charge is 0.301 e. The molecule has 0 amide bonds. The summed E-state index contributed by atoms with van der Waals surface area (Å²) in [5.41, 5.74) is 0.808. The minimum atomic E-state index is -2.31. The normalized spacial score (nSPS) is 10.7. The molecule has 0 radical (unpaired) electrons. The van der Waals surface area contributed by atoms with Crippen LogP contribution in [0.3, 0.4) is 0 Å². The number of halogens is 4. The molecule has 1 aromatic heterocycles. The maximum absolute atomic E-state index is 12.8. The number of rotatable bonds is 6. The van der Waals surface area contributed by atoms with Crippen LogP contribution >= 0.6 is 11.8 Å². The van der Waals surface area contributed by atoms with Gasteiger partial charge in [-0.15, -0.1) is 0 Å². The van der Waals surface area contributed by atoms with Crippen molar-refractivity contribution in [2.45, 2.75) is 18.1 Å². The zero-order chi connectivity index (χ0) is 15.2. The molecule has 0 spiro atoms. The van der Waals surface area contributed by atoms with Gasteiger partial charge in [0.15, 0.2) is 11.7 Å². The molecule has 0 atom stereocenters. The van der Waals surface area contributed by atoms with E-state index in [0.29, 0.717) is 12.2 Å². The molecule has 0 aliphatic carbocycles. The van der Waals surface area contributed by atoms with E-state index in [1.807, 2.05) is 0 Å². The number of allylic oxidation sites excluding steroid dienone is 1. The summed E-state index contributed by atoms with van der Waals surface area (Å²) in [7, 11) is 0. The van der Waals surface area contributed by atoms with Crippen LogP contribution in [0.25, 0.3) is 0 Å². The summed E-state index contributed by atoms with van der Waals surface area (Å²) < 4.78 is 53.9. The Balaban J connectivity index is 1.87. The average molecular weight is 318 g/mol. The van der Waals surface area contributed by atoms with Gasteiger partial charge < -0.3 is 4.52 Å². The van der Waals surface area contributed by atoms with Crippen LogP contribution in [0.1, 0.15) is 17.8 Å². The van der Waals surface area contributed by atoms with Crippen molar-refractivity contribution in [3.05, 3.63) is 53.4 Å². The fourth-order valence-corrected chi connectivity index (χ4v) is 2.19. The third kappa shape index (κ3) is 4.89. The molecule has 1 aromatic carbocycles. The molecule has 0 aliphatic rings. The quantitative estimate of drug-likeness (QED) is 0.586. The van der Waals surface area contributed by atoms with Crippen molar-refractivity contribution < 1.29 is 22.1 Å². The third-order valence-corrected chi connectivity index (χ3v) is 3.30. The van der Waals surface area contributed by atoms with Crippen molar-refractivity contribution in [3.8, 4) is 0 Å². The highest BCUT2D eigenvalue weighted by molar-refractivity contribution is 7.99. The second kappa shape index (κ2) is 7.26. The van der Waals surface area contributed by atoms with Gasteiger partial charge in [-0.1, -0.05) is 29.1 Å². The molecule has 112 valence electrons. The van der Waals surface area contributed by atoms with Gasteiger partial charge in [0.05, 0.1) is 0 Å². The Morgan fingerprint density at radius 3 is 2.52 bits per heavy atom. The van der Waals surface area contributed by atoms with Crippen molar-refractivity contribution in [1.29, 1.82) is 0 Å². The third-order valence-electron chi connectivity index (χ3n) is 2.48. The van der Waals surface area contributed by atoms with Crippen LogP contribution in [-0.4, -0.2) is 15.9 Å². The Kier molecular flexibility index (Phi) is 5.38. The topological polar surface area (TPSA) is 38.9 Å². The highest BCUT2D eigenvalue weighted by Gasteiger charge is 2.10. The lowest BCUT2D eigenvalue weighted by Crippen LogP contribution is -1.91. The molecule has 0 aliphatic heterocycles. The SMILES string of the molecule is FC(F)=C(F)CCSc1nc(Cc2ccc(F)cc2)no1. The largest absolute Gasteiger partial charge is 0.327 e. The lowest BCUT2D eigenvalue weighted by Gasteiger charge is -1.95. The zero-order valence-corrected chi connectivity index (χ0v) is 11.5. The van der Waals surface area contributed by atoms with Crippen molar-refractivity contribution in [2.75, 3.05) is 5.75 Å². The molecule has 3 nitrogen and oxygen atoms in total. The van der Waals surface area contributed by atoms with E-state index in [-0.39, 0.29) is 16.8 Å². The number of hydrogen-bond donors (Lipinski definition) is 0. The molecule has 0 N–H and O–H groups in total. The maximum Gasteiger partial charge on any atom is 0.301 e. The van der Waals surface area contributed by atoms with Crippen LogP contribution in [-0.2, 0) is 6.42 Å². The van der Waals surface area contributed by atoms with Crippen LogP contribution in [0.5, 0.6) is 0 Å². The van der Waals surface area contributed by atoms with Gasteiger partial charge in [-0.25, -0.2) is 8.78 Å². The van der Waals surface area contributed by atoms with E-state index >= 15 is 0 Å². The molecule has 0 fully saturated rings. The Bertz CT molecular complexity index is 623. The number of nitrogens with zero attached hydrogens (tertiary/aromatic N) is 2. The standard InChI is InChI=1S/C13H10F4N2OS/c14-9-3-1-8(2-4-9)7-11-18-13(20-19-11)21-6-5-10(15)12(16)17/h1-4H,5-7H2. The number of hydrogen-bond acceptors (Lipinski definition) is 4. The van der Waals surface area contributed by atoms with Crippen LogP contribution in [0.4, 0.5) is 17.6 Å². The summed E-state index contributed by atoms with van der Waals surface area (Å²) in [6.07, 6.45) is -2.35. The molecule has 0 unspecified atom stereocenters. The predicted octanol–water partition coefficient (Wildman–Crippen LogP) is 4.36. The van der Waals surface area contributed by atoms with Gasteiger partial charge in [-0.2, -0.15) is 13.8 Å². The lowest BCUT2D eigenvalue weighted by atomic mass is 10.1. The van der Waals surface area contributed by atoms with Gasteiger partial charge in [0.1, 0.15) is 5.82 Å². The van der Waals surface area contributed by atoms with Gasteiger partial charge >= 0.3 is 6.08 Å². The first kappa shape index (κ1) is 15.6. The van der Waals surface area contributed by atoms with E-state index in [1.54, 1.807) is 12.1 Å². The van der Waals surface area contributed by atoms with E-state index < -0.39 is 18.3 Å². The monoisotopic (exact) mass is 318 g/mol. The van der Waals surface area contributed by atoms with E-state index in [0.717, 1.165) is 17.3 Å². The molecule has 2 aromatic rings. The highest BCUT2D eigenvalue weighted by atomic mass is 32.2. The van der Waals surface area contributed by atoms with Crippen molar-refractivity contribution in [2.24, 2.45) is 0 Å². The molecule has 0 saturated heterocycles. The Labute approximate surface area is 122 Å². The van der Waals surface area contributed by atoms with Gasteiger partial charge in [-0.3, -0.25) is 0 Å². The molecular formula is C13H10F4N2OS. The summed E-state index contributed by atoms with van der Waals surface area (Å²) in [5, 5.41) is 3.89. The zero-order valence-electron chi connectivity index (χ0n) is 10.7.